The van der Waals surface area contributed by atoms with Gasteiger partial charge in [-0.3, -0.25) is 0 Å². The summed E-state index contributed by atoms with van der Waals surface area (Å²) in [6.45, 7) is 3.96. The molecule has 94 valence electrons. The summed E-state index contributed by atoms with van der Waals surface area (Å²) in [5, 5.41) is 9.54. The fourth-order valence-corrected chi connectivity index (χ4v) is 2.09. The Balaban J connectivity index is 3.24. The van der Waals surface area contributed by atoms with Gasteiger partial charge < -0.3 is 4.74 Å². The van der Waals surface area contributed by atoms with E-state index in [1.807, 2.05) is 37.3 Å². The topological polar surface area (TPSA) is 50.1 Å². The summed E-state index contributed by atoms with van der Waals surface area (Å²) in [5.74, 6) is -0.574. The molecular formula is C14H14BrNO2. The van der Waals surface area contributed by atoms with Gasteiger partial charge in [-0.05, 0) is 25.0 Å². The van der Waals surface area contributed by atoms with Crippen molar-refractivity contribution in [3.63, 3.8) is 0 Å². The van der Waals surface area contributed by atoms with Gasteiger partial charge in [0.25, 0.3) is 0 Å². The lowest BCUT2D eigenvalue weighted by Crippen LogP contribution is -2.09. The number of carbonyl (C=O) groups excluding carboxylic acids is 1. The van der Waals surface area contributed by atoms with Gasteiger partial charge in [-0.2, -0.15) is 5.26 Å². The highest BCUT2D eigenvalue weighted by Gasteiger charge is 2.17. The van der Waals surface area contributed by atoms with E-state index in [1.54, 1.807) is 6.92 Å². The first-order valence-electron chi connectivity index (χ1n) is 5.57. The molecule has 0 atom stereocenters. The molecule has 0 aliphatic heterocycles. The molecule has 0 aliphatic carbocycles. The summed E-state index contributed by atoms with van der Waals surface area (Å²) in [6.07, 6.45) is 0. The number of hydrogen-bond donors (Lipinski definition) is 0. The van der Waals surface area contributed by atoms with Crippen LogP contribution in [0.25, 0.3) is 5.57 Å². The highest BCUT2D eigenvalue weighted by atomic mass is 79.9. The lowest BCUT2D eigenvalue weighted by molar-refractivity contribution is -0.137. The number of hydrogen-bond acceptors (Lipinski definition) is 3. The van der Waals surface area contributed by atoms with E-state index in [4.69, 9.17) is 10.00 Å². The van der Waals surface area contributed by atoms with E-state index in [2.05, 4.69) is 15.9 Å². The molecule has 0 aromatic heterocycles. The Morgan fingerprint density at radius 1 is 1.39 bits per heavy atom. The molecule has 1 aromatic carbocycles. The first-order valence-corrected chi connectivity index (χ1v) is 6.69. The molecule has 0 amide bonds. The Bertz CT molecular complexity index is 498. The second-order valence-electron chi connectivity index (χ2n) is 3.69. The van der Waals surface area contributed by atoms with Gasteiger partial charge >= 0.3 is 5.97 Å². The molecule has 4 heteroatoms. The molecule has 0 saturated carbocycles. The molecule has 0 heterocycles. The van der Waals surface area contributed by atoms with Gasteiger partial charge in [-0.15, -0.1) is 0 Å². The minimum Gasteiger partial charge on any atom is -0.462 e. The van der Waals surface area contributed by atoms with Crippen LogP contribution >= 0.6 is 15.9 Å². The average Bonchev–Trinajstić information content (AvgIpc) is 2.37. The van der Waals surface area contributed by atoms with Gasteiger partial charge in [0.15, 0.2) is 0 Å². The summed E-state index contributed by atoms with van der Waals surface area (Å²) >= 11 is 3.32. The molecule has 0 spiro atoms. The van der Waals surface area contributed by atoms with Crippen LogP contribution in [0.15, 0.2) is 29.8 Å². The minimum absolute atomic E-state index is 0.0533. The predicted molar refractivity (Wildman–Crippen MR) is 74.1 cm³/mol. The summed E-state index contributed by atoms with van der Waals surface area (Å²) < 4.78 is 4.88. The molecule has 3 nitrogen and oxygen atoms in total. The van der Waals surface area contributed by atoms with Crippen molar-refractivity contribution < 1.29 is 9.53 Å². The Kier molecular flexibility index (Phi) is 5.60. The zero-order valence-corrected chi connectivity index (χ0v) is 12.0. The first-order chi connectivity index (χ1) is 8.63. The number of nitriles is 1. The Labute approximate surface area is 115 Å². The van der Waals surface area contributed by atoms with Crippen LogP contribution in [0.3, 0.4) is 0 Å². The minimum atomic E-state index is -0.574. The molecule has 1 aromatic rings. The molecule has 0 aliphatic rings. The fourth-order valence-electron chi connectivity index (χ4n) is 1.48. The lowest BCUT2D eigenvalue weighted by Gasteiger charge is -2.08. The number of esters is 1. The average molecular weight is 308 g/mol. The van der Waals surface area contributed by atoms with Gasteiger partial charge in [0.1, 0.15) is 11.6 Å². The first kappa shape index (κ1) is 14.5. The number of aryl methyl sites for hydroxylation is 1. The van der Waals surface area contributed by atoms with E-state index in [0.717, 1.165) is 11.1 Å². The van der Waals surface area contributed by atoms with Crippen LogP contribution < -0.4 is 0 Å². The Morgan fingerprint density at radius 2 is 2.00 bits per heavy atom. The molecular weight excluding hydrogens is 294 g/mol. The van der Waals surface area contributed by atoms with E-state index in [0.29, 0.717) is 10.9 Å². The van der Waals surface area contributed by atoms with Gasteiger partial charge in [0, 0.05) is 5.33 Å². The number of nitrogens with zero attached hydrogens (tertiary/aromatic N) is 1. The highest BCUT2D eigenvalue weighted by Crippen LogP contribution is 2.22. The summed E-state index contributed by atoms with van der Waals surface area (Å²) in [7, 11) is 0. The molecule has 18 heavy (non-hydrogen) atoms. The number of allylic oxidation sites excluding steroid dienone is 1. The van der Waals surface area contributed by atoms with Crippen molar-refractivity contribution in [1.29, 1.82) is 5.26 Å². The van der Waals surface area contributed by atoms with E-state index < -0.39 is 5.97 Å². The van der Waals surface area contributed by atoms with Crippen molar-refractivity contribution >= 4 is 27.5 Å². The molecule has 0 radical (unpaired) electrons. The highest BCUT2D eigenvalue weighted by molar-refractivity contribution is 9.09. The fraction of sp³-hybridized carbons (Fsp3) is 0.286. The molecule has 0 fully saturated rings. The Hall–Kier alpha value is -1.60. The summed E-state index contributed by atoms with van der Waals surface area (Å²) in [6, 6.07) is 9.59. The van der Waals surface area contributed by atoms with Crippen LogP contribution in [0, 0.1) is 18.3 Å². The number of rotatable bonds is 4. The quantitative estimate of drug-likeness (QED) is 0.371. The van der Waals surface area contributed by atoms with Crippen molar-refractivity contribution in [1.82, 2.24) is 0 Å². The normalized spacial score (nSPS) is 11.4. The predicted octanol–water partition coefficient (Wildman–Crippen LogP) is 3.23. The third-order valence-electron chi connectivity index (χ3n) is 2.43. The number of halogens is 1. The molecule has 0 unspecified atom stereocenters. The summed E-state index contributed by atoms with van der Waals surface area (Å²) in [4.78, 5) is 11.7. The zero-order valence-electron chi connectivity index (χ0n) is 10.4. The number of alkyl halides is 1. The maximum absolute atomic E-state index is 11.7. The van der Waals surface area contributed by atoms with E-state index in [1.165, 1.54) is 0 Å². The van der Waals surface area contributed by atoms with Gasteiger partial charge in [0.05, 0.1) is 6.61 Å². The van der Waals surface area contributed by atoms with Crippen LogP contribution in [0.4, 0.5) is 0 Å². The van der Waals surface area contributed by atoms with Crippen molar-refractivity contribution in [2.45, 2.75) is 13.8 Å². The van der Waals surface area contributed by atoms with Crippen molar-refractivity contribution in [2.75, 3.05) is 11.9 Å². The van der Waals surface area contributed by atoms with Gasteiger partial charge in [-0.1, -0.05) is 45.8 Å². The molecule has 1 rings (SSSR count). The Morgan fingerprint density at radius 3 is 2.44 bits per heavy atom. The maximum Gasteiger partial charge on any atom is 0.349 e. The molecule has 0 saturated heterocycles. The van der Waals surface area contributed by atoms with Gasteiger partial charge in [0.2, 0.25) is 0 Å². The monoisotopic (exact) mass is 307 g/mol. The van der Waals surface area contributed by atoms with E-state index >= 15 is 0 Å². The number of ether oxygens (including phenoxy) is 1. The van der Waals surface area contributed by atoms with Crippen molar-refractivity contribution in [3.05, 3.63) is 41.0 Å². The largest absolute Gasteiger partial charge is 0.462 e. The third kappa shape index (κ3) is 3.44. The lowest BCUT2D eigenvalue weighted by atomic mass is 10.0. The van der Waals surface area contributed by atoms with Crippen LogP contribution in [-0.4, -0.2) is 17.9 Å². The van der Waals surface area contributed by atoms with E-state index in [9.17, 15) is 4.79 Å². The van der Waals surface area contributed by atoms with Crippen LogP contribution in [0.1, 0.15) is 18.1 Å². The second-order valence-corrected chi connectivity index (χ2v) is 4.25. The standard InChI is InChI=1S/C14H14BrNO2/c1-3-18-14(17)13(9-16)12(8-15)11-6-4-10(2)5-7-11/h4-7H,3,8H2,1-2H3/b13-12+. The van der Waals surface area contributed by atoms with Gasteiger partial charge in [-0.25, -0.2) is 4.79 Å². The van der Waals surface area contributed by atoms with E-state index in [-0.39, 0.29) is 12.2 Å². The molecule has 0 bridgehead atoms. The number of benzene rings is 1. The summed E-state index contributed by atoms with van der Waals surface area (Å²) in [5.41, 5.74) is 2.68. The molecule has 0 N–H and O–H groups in total. The van der Waals surface area contributed by atoms with Crippen LogP contribution in [0.5, 0.6) is 0 Å². The maximum atomic E-state index is 11.7. The smallest absolute Gasteiger partial charge is 0.349 e. The SMILES string of the molecule is CCOC(=O)/C(C#N)=C(\CBr)c1ccc(C)cc1. The van der Waals surface area contributed by atoms with Crippen LogP contribution in [-0.2, 0) is 9.53 Å². The zero-order chi connectivity index (χ0) is 13.5. The van der Waals surface area contributed by atoms with Crippen molar-refractivity contribution in [2.24, 2.45) is 0 Å². The van der Waals surface area contributed by atoms with Crippen molar-refractivity contribution in [3.8, 4) is 6.07 Å². The number of carbonyl (C=O) groups is 1. The second kappa shape index (κ2) is 6.97. The van der Waals surface area contributed by atoms with Crippen LogP contribution in [0.2, 0.25) is 0 Å². The third-order valence-corrected chi connectivity index (χ3v) is 2.99.